The number of hydrogen-bond donors (Lipinski definition) is 1. The number of halogens is 1. The molecule has 0 aliphatic heterocycles. The van der Waals surface area contributed by atoms with Crippen LogP contribution < -0.4 is 4.74 Å². The average molecular weight is 439 g/mol. The van der Waals surface area contributed by atoms with Gasteiger partial charge in [0.05, 0.1) is 12.3 Å². The number of fused-ring (bicyclic) bond motifs is 1. The summed E-state index contributed by atoms with van der Waals surface area (Å²) in [6.07, 6.45) is 3.60. The largest absolute Gasteiger partial charge is 0.483 e. The number of aryl methyl sites for hydroxylation is 1. The summed E-state index contributed by atoms with van der Waals surface area (Å²) in [6, 6.07) is 16.8. The van der Waals surface area contributed by atoms with Crippen molar-refractivity contribution < 1.29 is 14.6 Å². The fourth-order valence-corrected chi connectivity index (χ4v) is 3.50. The lowest BCUT2D eigenvalue weighted by Crippen LogP contribution is -2.13. The van der Waals surface area contributed by atoms with Crippen LogP contribution >= 0.6 is 12.4 Å². The van der Waals surface area contributed by atoms with E-state index in [9.17, 15) is 9.90 Å². The van der Waals surface area contributed by atoms with E-state index in [2.05, 4.69) is 15.2 Å². The summed E-state index contributed by atoms with van der Waals surface area (Å²) in [7, 11) is 0. The highest BCUT2D eigenvalue weighted by Gasteiger charge is 2.22. The lowest BCUT2D eigenvalue weighted by Gasteiger charge is -2.14. The summed E-state index contributed by atoms with van der Waals surface area (Å²) >= 11 is 0. The number of nitrogens with zero attached hydrogens (tertiary/aromatic N) is 4. The number of carbonyl (C=O) groups excluding carboxylic acids is 1. The molecule has 1 aromatic carbocycles. The van der Waals surface area contributed by atoms with E-state index in [-0.39, 0.29) is 43.7 Å². The summed E-state index contributed by atoms with van der Waals surface area (Å²) in [6.45, 7) is 1.96. The Kier molecular flexibility index (Phi) is 7.33. The van der Waals surface area contributed by atoms with Crippen LogP contribution in [-0.4, -0.2) is 37.1 Å². The van der Waals surface area contributed by atoms with Crippen LogP contribution in [0.15, 0.2) is 67.0 Å². The van der Waals surface area contributed by atoms with Crippen molar-refractivity contribution in [2.24, 2.45) is 0 Å². The molecule has 160 valence electrons. The molecule has 0 saturated carbocycles. The maximum absolute atomic E-state index is 13.1. The number of ketones is 1. The molecule has 3 aromatic heterocycles. The van der Waals surface area contributed by atoms with Crippen LogP contribution in [0.1, 0.15) is 39.8 Å². The molecule has 0 aliphatic rings. The SMILES string of the molecule is Cc1nc2c(OCc3cccnn3)cccn2c1C(=O)C[C@@H](CO)c1ccccc1.Cl. The number of benzene rings is 1. The normalized spacial score (nSPS) is 11.7. The molecule has 0 radical (unpaired) electrons. The van der Waals surface area contributed by atoms with Gasteiger partial charge in [-0.3, -0.25) is 9.20 Å². The van der Waals surface area contributed by atoms with Gasteiger partial charge in [0.2, 0.25) is 0 Å². The van der Waals surface area contributed by atoms with E-state index in [1.807, 2.05) is 55.5 Å². The third-order valence-corrected chi connectivity index (χ3v) is 4.98. The van der Waals surface area contributed by atoms with Gasteiger partial charge in [-0.05, 0) is 36.8 Å². The van der Waals surface area contributed by atoms with Crippen LogP contribution in [0.5, 0.6) is 5.75 Å². The van der Waals surface area contributed by atoms with Crippen LogP contribution in [0.3, 0.4) is 0 Å². The van der Waals surface area contributed by atoms with Crippen molar-refractivity contribution in [3.63, 3.8) is 0 Å². The van der Waals surface area contributed by atoms with Crippen LogP contribution in [0, 0.1) is 6.92 Å². The van der Waals surface area contributed by atoms with Gasteiger partial charge in [0.1, 0.15) is 18.0 Å². The molecule has 0 fully saturated rings. The number of aliphatic hydroxyl groups excluding tert-OH is 1. The molecule has 8 heteroatoms. The Hall–Kier alpha value is -3.29. The molecular formula is C23H23ClN4O3. The first-order valence-corrected chi connectivity index (χ1v) is 9.73. The molecule has 0 spiro atoms. The van der Waals surface area contributed by atoms with Gasteiger partial charge in [0.25, 0.3) is 0 Å². The Morgan fingerprint density at radius 1 is 1.13 bits per heavy atom. The summed E-state index contributed by atoms with van der Waals surface area (Å²) in [5.74, 6) is 0.223. The summed E-state index contributed by atoms with van der Waals surface area (Å²) in [4.78, 5) is 17.7. The van der Waals surface area contributed by atoms with Crippen molar-refractivity contribution in [2.75, 3.05) is 6.61 Å². The van der Waals surface area contributed by atoms with Crippen molar-refractivity contribution in [1.82, 2.24) is 19.6 Å². The van der Waals surface area contributed by atoms with Gasteiger partial charge in [-0.2, -0.15) is 10.2 Å². The Balaban J connectivity index is 0.00000272. The molecule has 1 N–H and O–H groups in total. The third-order valence-electron chi connectivity index (χ3n) is 4.98. The molecule has 0 saturated heterocycles. The zero-order valence-corrected chi connectivity index (χ0v) is 17.8. The van der Waals surface area contributed by atoms with Gasteiger partial charge in [-0.1, -0.05) is 30.3 Å². The number of Topliss-reactive ketones (excluding diaryl/α,β-unsaturated/α-hetero) is 1. The van der Waals surface area contributed by atoms with Crippen LogP contribution in [0.25, 0.3) is 5.65 Å². The van der Waals surface area contributed by atoms with Gasteiger partial charge in [0.15, 0.2) is 17.2 Å². The first-order chi connectivity index (χ1) is 14.7. The van der Waals surface area contributed by atoms with Crippen LogP contribution in [-0.2, 0) is 6.61 Å². The van der Waals surface area contributed by atoms with Crippen molar-refractivity contribution >= 4 is 23.8 Å². The lowest BCUT2D eigenvalue weighted by molar-refractivity contribution is 0.0953. The fraction of sp³-hybridized carbons (Fsp3) is 0.217. The second-order valence-corrected chi connectivity index (χ2v) is 7.03. The van der Waals surface area contributed by atoms with E-state index in [1.165, 1.54) is 0 Å². The number of aliphatic hydroxyl groups is 1. The minimum absolute atomic E-state index is 0. The van der Waals surface area contributed by atoms with Crippen molar-refractivity contribution in [2.45, 2.75) is 25.9 Å². The zero-order chi connectivity index (χ0) is 20.9. The van der Waals surface area contributed by atoms with Gasteiger partial charge < -0.3 is 9.84 Å². The molecule has 4 aromatic rings. The number of ether oxygens (including phenoxy) is 1. The maximum Gasteiger partial charge on any atom is 0.182 e. The lowest BCUT2D eigenvalue weighted by atomic mass is 9.93. The standard InChI is InChI=1S/C23H22N4O3.ClH/c1-16-22(20(29)13-18(14-28)17-7-3-2-4-8-17)27-12-6-10-21(23(27)25-16)30-15-19-9-5-11-24-26-19;/h2-12,18,28H,13-15H2,1H3;1H/t18-;/m0./s1. The molecule has 0 bridgehead atoms. The number of rotatable bonds is 8. The number of carbonyl (C=O) groups is 1. The van der Waals surface area contributed by atoms with Gasteiger partial charge in [-0.15, -0.1) is 12.4 Å². The molecule has 3 heterocycles. The highest BCUT2D eigenvalue weighted by molar-refractivity contribution is 5.97. The number of pyridine rings is 1. The Morgan fingerprint density at radius 2 is 1.94 bits per heavy atom. The molecule has 0 amide bonds. The number of aromatic nitrogens is 4. The number of hydrogen-bond acceptors (Lipinski definition) is 6. The third kappa shape index (κ3) is 4.90. The maximum atomic E-state index is 13.1. The average Bonchev–Trinajstić information content (AvgIpc) is 3.13. The van der Waals surface area contributed by atoms with Crippen molar-refractivity contribution in [3.8, 4) is 5.75 Å². The van der Waals surface area contributed by atoms with Crippen molar-refractivity contribution in [3.05, 3.63) is 89.6 Å². The topological polar surface area (TPSA) is 89.6 Å². The highest BCUT2D eigenvalue weighted by atomic mass is 35.5. The predicted molar refractivity (Wildman–Crippen MR) is 119 cm³/mol. The Morgan fingerprint density at radius 3 is 2.65 bits per heavy atom. The fourth-order valence-electron chi connectivity index (χ4n) is 3.50. The van der Waals surface area contributed by atoms with E-state index in [1.54, 1.807) is 22.9 Å². The van der Waals surface area contributed by atoms with E-state index in [0.717, 1.165) is 5.56 Å². The van der Waals surface area contributed by atoms with Crippen molar-refractivity contribution in [1.29, 1.82) is 0 Å². The minimum atomic E-state index is -0.264. The second kappa shape index (κ2) is 10.1. The molecule has 0 aliphatic carbocycles. The quantitative estimate of drug-likeness (QED) is 0.421. The minimum Gasteiger partial charge on any atom is -0.483 e. The zero-order valence-electron chi connectivity index (χ0n) is 17.0. The van der Waals surface area contributed by atoms with E-state index >= 15 is 0 Å². The van der Waals surface area contributed by atoms with E-state index in [0.29, 0.717) is 28.5 Å². The second-order valence-electron chi connectivity index (χ2n) is 7.03. The highest BCUT2D eigenvalue weighted by Crippen LogP contribution is 2.26. The molecular weight excluding hydrogens is 416 g/mol. The van der Waals surface area contributed by atoms with Gasteiger partial charge in [-0.25, -0.2) is 4.98 Å². The molecule has 7 nitrogen and oxygen atoms in total. The molecule has 0 unspecified atom stereocenters. The number of imidazole rings is 1. The first-order valence-electron chi connectivity index (χ1n) is 9.73. The van der Waals surface area contributed by atoms with E-state index < -0.39 is 0 Å². The monoisotopic (exact) mass is 438 g/mol. The molecule has 1 atom stereocenters. The summed E-state index contributed by atoms with van der Waals surface area (Å²) in [5.41, 5.74) is 3.34. The smallest absolute Gasteiger partial charge is 0.182 e. The molecule has 4 rings (SSSR count). The first kappa shape index (κ1) is 22.4. The van der Waals surface area contributed by atoms with Crippen LogP contribution in [0.4, 0.5) is 0 Å². The Labute approximate surface area is 186 Å². The van der Waals surface area contributed by atoms with Gasteiger partial charge >= 0.3 is 0 Å². The summed E-state index contributed by atoms with van der Waals surface area (Å²) in [5, 5.41) is 17.7. The Bertz CT molecular complexity index is 1150. The van der Waals surface area contributed by atoms with Gasteiger partial charge in [0, 0.05) is 24.7 Å². The predicted octanol–water partition coefficient (Wildman–Crippen LogP) is 3.78. The van der Waals surface area contributed by atoms with E-state index in [4.69, 9.17) is 4.74 Å². The summed E-state index contributed by atoms with van der Waals surface area (Å²) < 4.78 is 7.64. The van der Waals surface area contributed by atoms with Crippen LogP contribution in [0.2, 0.25) is 0 Å². The molecule has 31 heavy (non-hydrogen) atoms.